The molecule has 5 heteroatoms. The number of carbonyl (C=O) groups is 1. The fourth-order valence-electron chi connectivity index (χ4n) is 2.32. The molecule has 0 saturated heterocycles. The molecule has 0 aliphatic carbocycles. The van der Waals surface area contributed by atoms with Crippen LogP contribution in [0.4, 0.5) is 13.2 Å². The Morgan fingerprint density at radius 1 is 1.00 bits per heavy atom. The molecule has 0 aromatic heterocycles. The monoisotopic (exact) mass is 320 g/mol. The van der Waals surface area contributed by atoms with Crippen molar-refractivity contribution < 1.29 is 22.7 Å². The minimum Gasteiger partial charge on any atom is -0.497 e. The fourth-order valence-corrected chi connectivity index (χ4v) is 2.32. The summed E-state index contributed by atoms with van der Waals surface area (Å²) in [6, 6.07) is 14.5. The molecule has 0 aliphatic rings. The summed E-state index contributed by atoms with van der Waals surface area (Å²) in [5.41, 5.74) is -0.0604. The molecule has 0 saturated carbocycles. The molecule has 0 unspecified atom stereocenters. The third-order valence-corrected chi connectivity index (χ3v) is 3.37. The molecule has 2 aromatic carbocycles. The second-order valence-corrected chi connectivity index (χ2v) is 4.82. The van der Waals surface area contributed by atoms with E-state index in [1.54, 1.807) is 54.6 Å². The highest BCUT2D eigenvalue weighted by Crippen LogP contribution is 2.38. The Morgan fingerprint density at radius 2 is 1.57 bits per heavy atom. The van der Waals surface area contributed by atoms with Gasteiger partial charge in [0, 0.05) is 12.0 Å². The summed E-state index contributed by atoms with van der Waals surface area (Å²) < 4.78 is 45.3. The van der Waals surface area contributed by atoms with Crippen LogP contribution < -0.4 is 4.74 Å². The summed E-state index contributed by atoms with van der Waals surface area (Å²) in [5, 5.41) is 0. The zero-order valence-electron chi connectivity index (χ0n) is 12.4. The van der Waals surface area contributed by atoms with Gasteiger partial charge in [0.2, 0.25) is 0 Å². The lowest BCUT2D eigenvalue weighted by Gasteiger charge is -2.17. The van der Waals surface area contributed by atoms with Crippen LogP contribution in [0.25, 0.3) is 5.57 Å². The maximum absolute atomic E-state index is 13.4. The van der Waals surface area contributed by atoms with Crippen molar-refractivity contribution in [2.45, 2.75) is 12.6 Å². The van der Waals surface area contributed by atoms with Gasteiger partial charge < -0.3 is 9.53 Å². The van der Waals surface area contributed by atoms with Gasteiger partial charge in [0.15, 0.2) is 0 Å². The van der Waals surface area contributed by atoms with Crippen LogP contribution >= 0.6 is 0 Å². The van der Waals surface area contributed by atoms with Gasteiger partial charge >= 0.3 is 6.18 Å². The lowest BCUT2D eigenvalue weighted by atomic mass is 9.91. The Balaban J connectivity index is 2.70. The molecule has 0 aliphatic heterocycles. The molecule has 0 bridgehead atoms. The predicted octanol–water partition coefficient (Wildman–Crippen LogP) is 4.65. The lowest BCUT2D eigenvalue weighted by molar-refractivity contribution is -0.113. The van der Waals surface area contributed by atoms with E-state index >= 15 is 0 Å². The van der Waals surface area contributed by atoms with E-state index < -0.39 is 18.2 Å². The number of allylic oxidation sites excluding steroid dienone is 1. The number of benzene rings is 2. The number of rotatable bonds is 5. The molecule has 0 amide bonds. The Labute approximate surface area is 132 Å². The van der Waals surface area contributed by atoms with Gasteiger partial charge in [0.1, 0.15) is 12.0 Å². The van der Waals surface area contributed by atoms with Crippen LogP contribution in [0.1, 0.15) is 17.5 Å². The van der Waals surface area contributed by atoms with E-state index in [0.29, 0.717) is 16.9 Å². The van der Waals surface area contributed by atoms with E-state index in [1.165, 1.54) is 7.11 Å². The molecule has 0 atom stereocenters. The SMILES string of the molecule is COc1ccc(/C(=C(/CC=O)C(F)(F)F)c2ccccc2)cc1. The van der Waals surface area contributed by atoms with Crippen LogP contribution in [0.15, 0.2) is 60.2 Å². The van der Waals surface area contributed by atoms with Crippen molar-refractivity contribution in [3.63, 3.8) is 0 Å². The van der Waals surface area contributed by atoms with Crippen molar-refractivity contribution in [1.82, 2.24) is 0 Å². The average molecular weight is 320 g/mol. The van der Waals surface area contributed by atoms with Crippen molar-refractivity contribution >= 4 is 11.9 Å². The molecule has 0 spiro atoms. The van der Waals surface area contributed by atoms with Gasteiger partial charge in [-0.1, -0.05) is 42.5 Å². The van der Waals surface area contributed by atoms with E-state index in [1.807, 2.05) is 0 Å². The summed E-state index contributed by atoms with van der Waals surface area (Å²) in [7, 11) is 1.48. The summed E-state index contributed by atoms with van der Waals surface area (Å²) in [4.78, 5) is 10.8. The van der Waals surface area contributed by atoms with E-state index in [2.05, 4.69) is 0 Å². The topological polar surface area (TPSA) is 26.3 Å². The quantitative estimate of drug-likeness (QED) is 0.750. The van der Waals surface area contributed by atoms with E-state index in [0.717, 1.165) is 0 Å². The number of carbonyl (C=O) groups excluding carboxylic acids is 1. The molecule has 2 nitrogen and oxygen atoms in total. The summed E-state index contributed by atoms with van der Waals surface area (Å²) in [6.45, 7) is 0. The van der Waals surface area contributed by atoms with E-state index in [-0.39, 0.29) is 11.9 Å². The van der Waals surface area contributed by atoms with Gasteiger partial charge in [-0.15, -0.1) is 0 Å². The molecule has 23 heavy (non-hydrogen) atoms. The van der Waals surface area contributed by atoms with Gasteiger partial charge in [-0.2, -0.15) is 13.2 Å². The molecule has 2 rings (SSSR count). The van der Waals surface area contributed by atoms with Crippen molar-refractivity contribution in [3.8, 4) is 5.75 Å². The second-order valence-electron chi connectivity index (χ2n) is 4.82. The van der Waals surface area contributed by atoms with Crippen LogP contribution in [0.3, 0.4) is 0 Å². The second kappa shape index (κ2) is 7.13. The highest BCUT2D eigenvalue weighted by atomic mass is 19.4. The Morgan fingerprint density at radius 3 is 2.04 bits per heavy atom. The predicted molar refractivity (Wildman–Crippen MR) is 82.2 cm³/mol. The van der Waals surface area contributed by atoms with Crippen LogP contribution in [-0.4, -0.2) is 19.6 Å². The van der Waals surface area contributed by atoms with Crippen LogP contribution in [0.5, 0.6) is 5.75 Å². The molecule has 120 valence electrons. The smallest absolute Gasteiger partial charge is 0.413 e. The maximum Gasteiger partial charge on any atom is 0.413 e. The maximum atomic E-state index is 13.4. The van der Waals surface area contributed by atoms with Crippen LogP contribution in [0.2, 0.25) is 0 Å². The first-order chi connectivity index (χ1) is 11.0. The number of aldehydes is 1. The number of halogens is 3. The third kappa shape index (κ3) is 4.00. The Kier molecular flexibility index (Phi) is 5.21. The zero-order chi connectivity index (χ0) is 16.9. The minimum atomic E-state index is -4.59. The van der Waals surface area contributed by atoms with Crippen molar-refractivity contribution in [2.24, 2.45) is 0 Å². The van der Waals surface area contributed by atoms with Crippen molar-refractivity contribution in [2.75, 3.05) is 7.11 Å². The number of hydrogen-bond donors (Lipinski definition) is 0. The number of hydrogen-bond acceptors (Lipinski definition) is 2. The van der Waals surface area contributed by atoms with Crippen molar-refractivity contribution in [3.05, 3.63) is 71.3 Å². The lowest BCUT2D eigenvalue weighted by Crippen LogP contribution is -2.15. The zero-order valence-corrected chi connectivity index (χ0v) is 12.4. The largest absolute Gasteiger partial charge is 0.497 e. The van der Waals surface area contributed by atoms with E-state index in [9.17, 15) is 18.0 Å². The minimum absolute atomic E-state index is 0.00727. The summed E-state index contributed by atoms with van der Waals surface area (Å²) >= 11 is 0. The third-order valence-electron chi connectivity index (χ3n) is 3.37. The van der Waals surface area contributed by atoms with Crippen LogP contribution in [0, 0.1) is 0 Å². The van der Waals surface area contributed by atoms with Gasteiger partial charge in [0.25, 0.3) is 0 Å². The normalized spacial score (nSPS) is 12.5. The van der Waals surface area contributed by atoms with Gasteiger partial charge in [-0.05, 0) is 28.8 Å². The van der Waals surface area contributed by atoms with Crippen LogP contribution in [-0.2, 0) is 4.79 Å². The first kappa shape index (κ1) is 16.8. The first-order valence-electron chi connectivity index (χ1n) is 6.91. The van der Waals surface area contributed by atoms with Gasteiger partial charge in [0.05, 0.1) is 7.11 Å². The van der Waals surface area contributed by atoms with E-state index in [4.69, 9.17) is 4.74 Å². The summed E-state index contributed by atoms with van der Waals surface area (Å²) in [5.74, 6) is 0.546. The number of alkyl halides is 3. The van der Waals surface area contributed by atoms with Gasteiger partial charge in [-0.3, -0.25) is 0 Å². The number of methoxy groups -OCH3 is 1. The van der Waals surface area contributed by atoms with Crippen molar-refractivity contribution in [1.29, 1.82) is 0 Å². The molecule has 0 radical (unpaired) electrons. The molecule has 0 fully saturated rings. The number of ether oxygens (including phenoxy) is 1. The van der Waals surface area contributed by atoms with Gasteiger partial charge in [-0.25, -0.2) is 0 Å². The molecular weight excluding hydrogens is 305 g/mol. The molecule has 2 aromatic rings. The standard InChI is InChI=1S/C18H15F3O2/c1-23-15-9-7-14(8-10-15)17(13-5-3-2-4-6-13)16(11-12-22)18(19,20)21/h2-10,12H,11H2,1H3/b17-16-. The fraction of sp³-hybridized carbons (Fsp3) is 0.167. The highest BCUT2D eigenvalue weighted by molar-refractivity contribution is 5.84. The Hall–Kier alpha value is -2.56. The highest BCUT2D eigenvalue weighted by Gasteiger charge is 2.36. The molecule has 0 heterocycles. The summed E-state index contributed by atoms with van der Waals surface area (Å²) in [6.07, 6.45) is -5.01. The Bertz CT molecular complexity index is 686. The molecule has 0 N–H and O–H groups in total. The first-order valence-corrected chi connectivity index (χ1v) is 6.91. The molecular formula is C18H15F3O2. The average Bonchev–Trinajstić information content (AvgIpc) is 2.55.